The zero-order chi connectivity index (χ0) is 14.3. The third-order valence-electron chi connectivity index (χ3n) is 3.34. The first-order valence-electron chi connectivity index (χ1n) is 7.24. The molecule has 19 heavy (non-hydrogen) atoms. The summed E-state index contributed by atoms with van der Waals surface area (Å²) < 4.78 is 0. The van der Waals surface area contributed by atoms with Crippen molar-refractivity contribution in [3.05, 3.63) is 33.9 Å². The lowest BCUT2D eigenvalue weighted by Gasteiger charge is -2.28. The van der Waals surface area contributed by atoms with Gasteiger partial charge in [0.15, 0.2) is 0 Å². The molecule has 4 nitrogen and oxygen atoms in total. The zero-order valence-electron chi connectivity index (χ0n) is 12.2. The van der Waals surface area contributed by atoms with Gasteiger partial charge in [-0.2, -0.15) is 0 Å². The number of nitro groups is 1. The molecule has 1 fully saturated rings. The molecular formula is C15H24N2O2. The van der Waals surface area contributed by atoms with E-state index in [0.29, 0.717) is 0 Å². The molecule has 4 heteroatoms. The Bertz CT molecular complexity index is 413. The minimum Gasteiger partial charge on any atom is -0.366 e. The molecule has 106 valence electrons. The van der Waals surface area contributed by atoms with Gasteiger partial charge in [0.1, 0.15) is 5.69 Å². The topological polar surface area (TPSA) is 46.4 Å². The fourth-order valence-electron chi connectivity index (χ4n) is 2.34. The van der Waals surface area contributed by atoms with Crippen LogP contribution in [0.5, 0.6) is 0 Å². The van der Waals surface area contributed by atoms with Crippen LogP contribution in [0, 0.1) is 10.1 Å². The molecule has 0 saturated carbocycles. The van der Waals surface area contributed by atoms with Crippen molar-refractivity contribution in [1.82, 2.24) is 0 Å². The van der Waals surface area contributed by atoms with Gasteiger partial charge >= 0.3 is 0 Å². The first-order chi connectivity index (χ1) is 9.22. The SMILES string of the molecule is CC.CCc1ccc(N2CCCCC2)c([N+](=O)[O-])c1. The Balaban J connectivity index is 0.000000861. The Morgan fingerprint density at radius 3 is 2.37 bits per heavy atom. The van der Waals surface area contributed by atoms with Gasteiger partial charge in [0.2, 0.25) is 0 Å². The van der Waals surface area contributed by atoms with Crippen molar-refractivity contribution in [1.29, 1.82) is 0 Å². The maximum absolute atomic E-state index is 11.1. The molecule has 0 atom stereocenters. The lowest BCUT2D eigenvalue weighted by Crippen LogP contribution is -2.29. The van der Waals surface area contributed by atoms with E-state index in [9.17, 15) is 10.1 Å². The average Bonchev–Trinajstić information content (AvgIpc) is 2.49. The van der Waals surface area contributed by atoms with Crippen molar-refractivity contribution >= 4 is 11.4 Å². The highest BCUT2D eigenvalue weighted by Crippen LogP contribution is 2.31. The highest BCUT2D eigenvalue weighted by Gasteiger charge is 2.21. The van der Waals surface area contributed by atoms with Gasteiger partial charge in [-0.3, -0.25) is 10.1 Å². The van der Waals surface area contributed by atoms with Crippen molar-refractivity contribution in [3.8, 4) is 0 Å². The number of hydrogen-bond acceptors (Lipinski definition) is 3. The van der Waals surface area contributed by atoms with Crippen LogP contribution in [0.1, 0.15) is 45.6 Å². The molecule has 1 aliphatic rings. The van der Waals surface area contributed by atoms with Crippen LogP contribution in [0.2, 0.25) is 0 Å². The number of hydrogen-bond donors (Lipinski definition) is 0. The van der Waals surface area contributed by atoms with E-state index in [1.165, 1.54) is 6.42 Å². The van der Waals surface area contributed by atoms with Crippen LogP contribution in [0.4, 0.5) is 11.4 Å². The highest BCUT2D eigenvalue weighted by molar-refractivity contribution is 5.64. The number of piperidine rings is 1. The van der Waals surface area contributed by atoms with E-state index in [1.807, 2.05) is 32.9 Å². The zero-order valence-corrected chi connectivity index (χ0v) is 12.2. The van der Waals surface area contributed by atoms with Gasteiger partial charge in [0.25, 0.3) is 5.69 Å². The Kier molecular flexibility index (Phi) is 6.33. The Labute approximate surface area is 115 Å². The number of rotatable bonds is 3. The summed E-state index contributed by atoms with van der Waals surface area (Å²) in [5, 5.41) is 11.1. The van der Waals surface area contributed by atoms with Crippen molar-refractivity contribution in [2.75, 3.05) is 18.0 Å². The summed E-state index contributed by atoms with van der Waals surface area (Å²) in [4.78, 5) is 13.0. The van der Waals surface area contributed by atoms with E-state index in [0.717, 1.165) is 43.6 Å². The summed E-state index contributed by atoms with van der Waals surface area (Å²) in [5.74, 6) is 0. The molecule has 0 amide bonds. The predicted octanol–water partition coefficient (Wildman–Crippen LogP) is 4.17. The molecule has 1 aliphatic heterocycles. The van der Waals surface area contributed by atoms with Gasteiger partial charge in [-0.1, -0.05) is 26.8 Å². The predicted molar refractivity (Wildman–Crippen MR) is 79.9 cm³/mol. The van der Waals surface area contributed by atoms with E-state index in [1.54, 1.807) is 6.07 Å². The lowest BCUT2D eigenvalue weighted by molar-refractivity contribution is -0.384. The molecule has 0 spiro atoms. The van der Waals surface area contributed by atoms with Crippen molar-refractivity contribution in [2.24, 2.45) is 0 Å². The fourth-order valence-corrected chi connectivity index (χ4v) is 2.34. The number of nitro benzene ring substituents is 1. The van der Waals surface area contributed by atoms with Crippen LogP contribution in [-0.4, -0.2) is 18.0 Å². The molecule has 1 aromatic rings. The third kappa shape index (κ3) is 3.94. The molecular weight excluding hydrogens is 240 g/mol. The third-order valence-corrected chi connectivity index (χ3v) is 3.34. The van der Waals surface area contributed by atoms with Gasteiger partial charge in [0, 0.05) is 19.2 Å². The summed E-state index contributed by atoms with van der Waals surface area (Å²) >= 11 is 0. The summed E-state index contributed by atoms with van der Waals surface area (Å²) in [5.41, 5.74) is 2.07. The van der Waals surface area contributed by atoms with E-state index < -0.39 is 0 Å². The molecule has 0 unspecified atom stereocenters. The maximum Gasteiger partial charge on any atom is 0.292 e. The molecule has 0 N–H and O–H groups in total. The maximum atomic E-state index is 11.1. The average molecular weight is 264 g/mol. The second kappa shape index (κ2) is 7.77. The van der Waals surface area contributed by atoms with Crippen molar-refractivity contribution < 1.29 is 4.92 Å². The number of anilines is 1. The van der Waals surface area contributed by atoms with Crippen LogP contribution in [-0.2, 0) is 6.42 Å². The minimum atomic E-state index is -0.261. The molecule has 0 bridgehead atoms. The van der Waals surface area contributed by atoms with Crippen LogP contribution in [0.25, 0.3) is 0 Å². The first-order valence-corrected chi connectivity index (χ1v) is 7.24. The first kappa shape index (κ1) is 15.5. The molecule has 0 radical (unpaired) electrons. The molecule has 1 heterocycles. The molecule has 0 aromatic heterocycles. The monoisotopic (exact) mass is 264 g/mol. The fraction of sp³-hybridized carbons (Fsp3) is 0.600. The van der Waals surface area contributed by atoms with E-state index in [-0.39, 0.29) is 10.6 Å². The number of nitrogens with zero attached hydrogens (tertiary/aromatic N) is 2. The van der Waals surface area contributed by atoms with Crippen LogP contribution in [0.15, 0.2) is 18.2 Å². The molecule has 0 aliphatic carbocycles. The highest BCUT2D eigenvalue weighted by atomic mass is 16.6. The van der Waals surface area contributed by atoms with Gasteiger partial charge in [-0.15, -0.1) is 0 Å². The lowest BCUT2D eigenvalue weighted by atomic mass is 10.1. The van der Waals surface area contributed by atoms with Crippen LogP contribution in [0.3, 0.4) is 0 Å². The van der Waals surface area contributed by atoms with Crippen LogP contribution < -0.4 is 4.90 Å². The van der Waals surface area contributed by atoms with Gasteiger partial charge in [0.05, 0.1) is 4.92 Å². The molecule has 2 rings (SSSR count). The summed E-state index contributed by atoms with van der Waals surface area (Å²) in [6.07, 6.45) is 4.33. The van der Waals surface area contributed by atoms with Gasteiger partial charge in [-0.25, -0.2) is 0 Å². The quantitative estimate of drug-likeness (QED) is 0.608. The summed E-state index contributed by atoms with van der Waals surface area (Å²) in [6.45, 7) is 7.89. The number of benzene rings is 1. The van der Waals surface area contributed by atoms with E-state index in [2.05, 4.69) is 4.90 Å². The smallest absolute Gasteiger partial charge is 0.292 e. The summed E-state index contributed by atoms with van der Waals surface area (Å²) in [7, 11) is 0. The number of aryl methyl sites for hydroxylation is 1. The second-order valence-corrected chi connectivity index (χ2v) is 4.48. The molecule has 1 aromatic carbocycles. The Morgan fingerprint density at radius 1 is 1.21 bits per heavy atom. The standard InChI is InChI=1S/C13H18N2O2.C2H6/c1-2-11-6-7-12(13(10-11)15(16)17)14-8-4-3-5-9-14;1-2/h6-7,10H,2-5,8-9H2,1H3;1-2H3. The van der Waals surface area contributed by atoms with Crippen molar-refractivity contribution in [2.45, 2.75) is 46.5 Å². The normalized spacial score (nSPS) is 14.6. The summed E-state index contributed by atoms with van der Waals surface area (Å²) in [6, 6.07) is 5.61. The second-order valence-electron chi connectivity index (χ2n) is 4.48. The van der Waals surface area contributed by atoms with Crippen molar-refractivity contribution in [3.63, 3.8) is 0 Å². The largest absolute Gasteiger partial charge is 0.366 e. The van der Waals surface area contributed by atoms with E-state index in [4.69, 9.17) is 0 Å². The van der Waals surface area contributed by atoms with Crippen LogP contribution >= 0.6 is 0 Å². The Hall–Kier alpha value is -1.58. The Morgan fingerprint density at radius 2 is 1.84 bits per heavy atom. The van der Waals surface area contributed by atoms with E-state index >= 15 is 0 Å². The minimum absolute atomic E-state index is 0.256. The molecule has 1 saturated heterocycles. The van der Waals surface area contributed by atoms with Gasteiger partial charge < -0.3 is 4.90 Å². The van der Waals surface area contributed by atoms with Gasteiger partial charge in [-0.05, 0) is 37.3 Å².